The molecular weight excluding hydrogens is 699 g/mol. The van der Waals surface area contributed by atoms with Gasteiger partial charge < -0.3 is 4.74 Å². The fourth-order valence-electron chi connectivity index (χ4n) is 7.29. The van der Waals surface area contributed by atoms with Crippen molar-refractivity contribution in [2.45, 2.75) is 131 Å². The van der Waals surface area contributed by atoms with Gasteiger partial charge in [-0.2, -0.15) is 4.68 Å². The molecule has 0 spiro atoms. The molecule has 7 rings (SSSR count). The van der Waals surface area contributed by atoms with Gasteiger partial charge in [-0.15, -0.1) is 5.10 Å². The summed E-state index contributed by atoms with van der Waals surface area (Å²) in [6.45, 7) is 33.7. The van der Waals surface area contributed by atoms with E-state index < -0.39 is 0 Å². The summed E-state index contributed by atoms with van der Waals surface area (Å²) >= 11 is 0. The lowest BCUT2D eigenvalue weighted by atomic mass is 9.80. The van der Waals surface area contributed by atoms with Crippen LogP contribution in [0.5, 0.6) is 11.5 Å². The van der Waals surface area contributed by atoms with Crippen LogP contribution in [0.3, 0.4) is 0 Å². The summed E-state index contributed by atoms with van der Waals surface area (Å²) in [4.78, 5) is 4.89. The van der Waals surface area contributed by atoms with E-state index in [0.717, 1.165) is 56.5 Å². The van der Waals surface area contributed by atoms with Gasteiger partial charge in [0, 0.05) is 28.5 Å². The van der Waals surface area contributed by atoms with Crippen LogP contribution in [0.15, 0.2) is 97.2 Å². The fraction of sp³-hybridized carbons (Fsp3) is 0.392. The summed E-state index contributed by atoms with van der Waals surface area (Å²) in [5, 5.41) is 7.61. The number of hydrogen-bond donors (Lipinski definition) is 0. The van der Waals surface area contributed by atoms with Crippen molar-refractivity contribution in [3.05, 3.63) is 132 Å². The van der Waals surface area contributed by atoms with E-state index in [9.17, 15) is 0 Å². The number of rotatable bonds is 5. The van der Waals surface area contributed by atoms with Crippen LogP contribution in [-0.4, -0.2) is 19.2 Å². The maximum atomic E-state index is 6.88. The zero-order valence-corrected chi connectivity index (χ0v) is 36.9. The summed E-state index contributed by atoms with van der Waals surface area (Å²) in [6.07, 6.45) is 5.60. The highest BCUT2D eigenvalue weighted by Crippen LogP contribution is 2.38. The Kier molecular flexibility index (Phi) is 9.62. The van der Waals surface area contributed by atoms with E-state index in [1.807, 2.05) is 10.9 Å². The predicted molar refractivity (Wildman–Crippen MR) is 236 cm³/mol. The van der Waals surface area contributed by atoms with Gasteiger partial charge in [0.15, 0.2) is 5.82 Å². The largest absolute Gasteiger partial charge is 0.458 e. The Hall–Kier alpha value is -5.23. The first-order chi connectivity index (χ1) is 26.4. The molecule has 0 saturated heterocycles. The normalized spacial score (nSPS) is 13.2. The van der Waals surface area contributed by atoms with E-state index in [2.05, 4.69) is 210 Å². The molecule has 6 heteroatoms. The Morgan fingerprint density at radius 2 is 1.12 bits per heavy atom. The van der Waals surface area contributed by atoms with Gasteiger partial charge in [0.1, 0.15) is 17.3 Å². The van der Waals surface area contributed by atoms with Crippen molar-refractivity contribution in [2.24, 2.45) is 0 Å². The lowest BCUT2D eigenvalue weighted by Gasteiger charge is -2.26. The van der Waals surface area contributed by atoms with Crippen LogP contribution in [0.1, 0.15) is 132 Å². The van der Waals surface area contributed by atoms with Crippen molar-refractivity contribution in [2.75, 3.05) is 0 Å². The number of fused-ring (bicyclic) bond motifs is 3. The number of nitrogens with zero attached hydrogens (tertiary/aromatic N) is 5. The maximum absolute atomic E-state index is 6.88. The van der Waals surface area contributed by atoms with E-state index in [1.54, 1.807) is 0 Å². The first-order valence-electron chi connectivity index (χ1n) is 20.3. The van der Waals surface area contributed by atoms with Crippen molar-refractivity contribution in [3.8, 4) is 28.7 Å². The molecule has 7 aromatic rings. The minimum Gasteiger partial charge on any atom is -0.458 e. The summed E-state index contributed by atoms with van der Waals surface area (Å²) < 4.78 is 13.2. The molecule has 3 heterocycles. The molecule has 0 amide bonds. The zero-order valence-electron chi connectivity index (χ0n) is 36.9. The van der Waals surface area contributed by atoms with Gasteiger partial charge in [-0.1, -0.05) is 146 Å². The van der Waals surface area contributed by atoms with Crippen molar-refractivity contribution < 1.29 is 9.42 Å². The molecule has 0 unspecified atom stereocenters. The second-order valence-electron chi connectivity index (χ2n) is 20.9. The fourth-order valence-corrected chi connectivity index (χ4v) is 7.29. The molecule has 0 aliphatic carbocycles. The zero-order chi connectivity index (χ0) is 41.5. The van der Waals surface area contributed by atoms with E-state index in [1.165, 1.54) is 22.1 Å². The molecule has 0 fully saturated rings. The monoisotopic (exact) mass is 759 g/mol. The van der Waals surface area contributed by atoms with Gasteiger partial charge in [0.2, 0.25) is 0 Å². The lowest BCUT2D eigenvalue weighted by Crippen LogP contribution is -2.35. The minimum absolute atomic E-state index is 0.00881. The van der Waals surface area contributed by atoms with Gasteiger partial charge in [-0.05, 0) is 86.4 Å². The molecule has 0 saturated carbocycles. The second kappa shape index (κ2) is 13.7. The topological polar surface area (TPSA) is 48.8 Å². The molecule has 0 N–H and O–H groups in total. The van der Waals surface area contributed by atoms with E-state index in [4.69, 9.17) is 14.8 Å². The number of aromatic nitrogens is 5. The average molecular weight is 760 g/mol. The van der Waals surface area contributed by atoms with Crippen molar-refractivity contribution in [1.29, 1.82) is 0 Å². The number of pyridine rings is 1. The first kappa shape index (κ1) is 40.0. The predicted octanol–water partition coefficient (Wildman–Crippen LogP) is 12.7. The van der Waals surface area contributed by atoms with Crippen LogP contribution in [-0.2, 0) is 27.1 Å². The Morgan fingerprint density at radius 1 is 0.526 bits per heavy atom. The third-order valence-electron chi connectivity index (χ3n) is 10.9. The van der Waals surface area contributed by atoms with Gasteiger partial charge >= 0.3 is 0 Å². The number of hydrogen-bond acceptors (Lipinski definition) is 3. The lowest BCUT2D eigenvalue weighted by molar-refractivity contribution is -0.662. The Bertz CT molecular complexity index is 2590. The van der Waals surface area contributed by atoms with Crippen molar-refractivity contribution in [1.82, 2.24) is 19.2 Å². The molecule has 0 bridgehead atoms. The molecule has 6 nitrogen and oxygen atoms in total. The van der Waals surface area contributed by atoms with Crippen LogP contribution in [0, 0.1) is 6.33 Å². The SMILES string of the molecule is CC(C)(C)c1cc(Oc2ccc3c4ccccc4n(-c4cc(C(C)(C)C)ccn4)c3c2)cc(-n2[c-][n+](-c3cc(C(C)(C)C)cc(C(C)(C)C)c3)nc2C(C)(C)C)c1. The van der Waals surface area contributed by atoms with Crippen LogP contribution < -0.4 is 9.42 Å². The van der Waals surface area contributed by atoms with Crippen LogP contribution in [0.2, 0.25) is 0 Å². The highest BCUT2D eigenvalue weighted by molar-refractivity contribution is 6.09. The van der Waals surface area contributed by atoms with Crippen LogP contribution in [0.25, 0.3) is 39.0 Å². The summed E-state index contributed by atoms with van der Waals surface area (Å²) in [5.74, 6) is 3.31. The highest BCUT2D eigenvalue weighted by atomic mass is 16.5. The Morgan fingerprint density at radius 3 is 1.74 bits per heavy atom. The van der Waals surface area contributed by atoms with Crippen LogP contribution in [0.4, 0.5) is 0 Å². The third kappa shape index (κ3) is 8.01. The molecule has 57 heavy (non-hydrogen) atoms. The first-order valence-corrected chi connectivity index (χ1v) is 20.3. The van der Waals surface area contributed by atoms with Gasteiger partial charge in [0.25, 0.3) is 6.33 Å². The van der Waals surface area contributed by atoms with E-state index in [0.29, 0.717) is 0 Å². The highest BCUT2D eigenvalue weighted by Gasteiger charge is 2.28. The van der Waals surface area contributed by atoms with Gasteiger partial charge in [-0.3, -0.25) is 9.13 Å². The van der Waals surface area contributed by atoms with Crippen LogP contribution >= 0.6 is 0 Å². The van der Waals surface area contributed by atoms with E-state index in [-0.39, 0.29) is 27.1 Å². The van der Waals surface area contributed by atoms with Gasteiger partial charge in [-0.25, -0.2) is 4.98 Å². The molecule has 0 atom stereocenters. The molecule has 0 aliphatic heterocycles. The molecule has 0 aliphatic rings. The number of benzene rings is 4. The summed E-state index contributed by atoms with van der Waals surface area (Å²) in [5.41, 5.74) is 8.59. The minimum atomic E-state index is -0.272. The molecule has 296 valence electrons. The summed E-state index contributed by atoms with van der Waals surface area (Å²) in [7, 11) is 0. The average Bonchev–Trinajstić information content (AvgIpc) is 3.71. The molecule has 4 aromatic carbocycles. The van der Waals surface area contributed by atoms with Crippen molar-refractivity contribution in [3.63, 3.8) is 0 Å². The quantitative estimate of drug-likeness (QED) is 0.130. The number of ether oxygens (including phenoxy) is 1. The Labute approximate surface area is 340 Å². The third-order valence-corrected chi connectivity index (χ3v) is 10.9. The standard InChI is InChI=1S/C51H61N5O/c1-47(2,3)33-22-23-52-45(29-33)56-43-19-17-16-18-41(43)42-21-20-39(31-44(42)56)57-40-28-36(50(10,11)12)25-37(30-40)54-32-55(53-46(54)51(13,14)15)38-26-34(48(4,5)6)24-35(27-38)49(7,8)9/h16-31H,1-15H3. The molecule has 0 radical (unpaired) electrons. The smallest absolute Gasteiger partial charge is 0.273 e. The molecular formula is C51H61N5O. The van der Waals surface area contributed by atoms with E-state index >= 15 is 0 Å². The second-order valence-corrected chi connectivity index (χ2v) is 20.9. The summed E-state index contributed by atoms with van der Waals surface area (Å²) in [6, 6.07) is 32.7. The number of para-hydroxylation sites is 1. The van der Waals surface area contributed by atoms with Crippen molar-refractivity contribution >= 4 is 21.8 Å². The molecule has 3 aromatic heterocycles. The maximum Gasteiger partial charge on any atom is 0.273 e. The Balaban J connectivity index is 1.38. The van der Waals surface area contributed by atoms with Gasteiger partial charge in [0.05, 0.1) is 22.4 Å².